The lowest BCUT2D eigenvalue weighted by molar-refractivity contribution is 0.583. The lowest BCUT2D eigenvalue weighted by atomic mass is 10.2. The average molecular weight is 280 g/mol. The molecule has 6 heteroatoms. The Kier molecular flexibility index (Phi) is 3.14. The number of aryl methyl sites for hydroxylation is 1. The van der Waals surface area contributed by atoms with E-state index in [0.717, 1.165) is 9.54 Å². The maximum absolute atomic E-state index is 12.5. The smallest absolute Gasteiger partial charge is 0.299 e. The van der Waals surface area contributed by atoms with Crippen LogP contribution >= 0.6 is 0 Å². The van der Waals surface area contributed by atoms with Crippen molar-refractivity contribution < 1.29 is 8.42 Å². The van der Waals surface area contributed by atoms with Crippen molar-refractivity contribution in [1.82, 2.24) is 8.54 Å². The van der Waals surface area contributed by atoms with Gasteiger partial charge in [-0.3, -0.25) is 4.57 Å². The summed E-state index contributed by atoms with van der Waals surface area (Å²) in [5.74, 6) is 0. The van der Waals surface area contributed by atoms with E-state index in [1.807, 2.05) is 6.92 Å². The van der Waals surface area contributed by atoms with Gasteiger partial charge in [-0.05, 0) is 32.9 Å². The highest BCUT2D eigenvalue weighted by Crippen LogP contribution is 2.16. The first-order valence-corrected chi connectivity index (χ1v) is 7.28. The van der Waals surface area contributed by atoms with Gasteiger partial charge in [0.25, 0.3) is 10.0 Å². The van der Waals surface area contributed by atoms with Crippen LogP contribution in [0.25, 0.3) is 0 Å². The monoisotopic (exact) mass is 280 g/mol. The molecule has 19 heavy (non-hydrogen) atoms. The second kappa shape index (κ2) is 4.38. The Balaban J connectivity index is 2.74. The van der Waals surface area contributed by atoms with E-state index < -0.39 is 15.7 Å². The Morgan fingerprint density at radius 3 is 1.89 bits per heavy atom. The van der Waals surface area contributed by atoms with Crippen LogP contribution in [0.2, 0.25) is 0 Å². The average Bonchev–Trinajstić information content (AvgIpc) is 2.54. The number of aromatic nitrogens is 2. The topological polar surface area (TPSA) is 61.1 Å². The van der Waals surface area contributed by atoms with Crippen molar-refractivity contribution in [2.75, 3.05) is 0 Å². The zero-order chi connectivity index (χ0) is 14.4. The van der Waals surface area contributed by atoms with E-state index in [-0.39, 0.29) is 4.90 Å². The van der Waals surface area contributed by atoms with E-state index in [9.17, 15) is 13.2 Å². The standard InChI is InChI=1S/C13H16N2O3S/c1-9-5-7-12(8-6-9)19(17,18)15-11(3)10(2)14(4)13(15)16/h5-8H,1-4H3. The Morgan fingerprint density at radius 2 is 1.47 bits per heavy atom. The van der Waals surface area contributed by atoms with Crippen LogP contribution in [0.4, 0.5) is 0 Å². The molecule has 1 aromatic heterocycles. The van der Waals surface area contributed by atoms with Crippen LogP contribution in [0.15, 0.2) is 34.0 Å². The normalized spacial score (nSPS) is 11.8. The highest BCUT2D eigenvalue weighted by atomic mass is 32.2. The lowest BCUT2D eigenvalue weighted by Gasteiger charge is -2.06. The summed E-state index contributed by atoms with van der Waals surface area (Å²) < 4.78 is 27.2. The van der Waals surface area contributed by atoms with Gasteiger partial charge in [0.15, 0.2) is 0 Å². The van der Waals surface area contributed by atoms with Crippen LogP contribution in [0.5, 0.6) is 0 Å². The minimum Gasteiger partial charge on any atom is -0.299 e. The second-order valence-electron chi connectivity index (χ2n) is 4.59. The Morgan fingerprint density at radius 1 is 0.947 bits per heavy atom. The third-order valence-electron chi connectivity index (χ3n) is 3.35. The van der Waals surface area contributed by atoms with Gasteiger partial charge >= 0.3 is 5.69 Å². The first-order chi connectivity index (χ1) is 8.76. The van der Waals surface area contributed by atoms with E-state index in [2.05, 4.69) is 0 Å². The van der Waals surface area contributed by atoms with Gasteiger partial charge < -0.3 is 0 Å². The molecule has 0 aliphatic heterocycles. The second-order valence-corrected chi connectivity index (χ2v) is 6.38. The van der Waals surface area contributed by atoms with Crippen molar-refractivity contribution in [3.8, 4) is 0 Å². The zero-order valence-corrected chi connectivity index (χ0v) is 12.2. The number of hydrogen-bond donors (Lipinski definition) is 0. The van der Waals surface area contributed by atoms with Crippen LogP contribution in [0.1, 0.15) is 17.0 Å². The molecule has 0 saturated heterocycles. The van der Waals surface area contributed by atoms with Gasteiger partial charge in [0.1, 0.15) is 0 Å². The van der Waals surface area contributed by atoms with E-state index in [0.29, 0.717) is 11.4 Å². The fourth-order valence-corrected chi connectivity index (χ4v) is 3.42. The molecule has 0 unspecified atom stereocenters. The van der Waals surface area contributed by atoms with Crippen molar-refractivity contribution in [2.24, 2.45) is 7.05 Å². The fraction of sp³-hybridized carbons (Fsp3) is 0.308. The number of nitrogens with zero attached hydrogens (tertiary/aromatic N) is 2. The molecule has 2 rings (SSSR count). The van der Waals surface area contributed by atoms with Crippen LogP contribution in [0, 0.1) is 20.8 Å². The lowest BCUT2D eigenvalue weighted by Crippen LogP contribution is -2.29. The first kappa shape index (κ1) is 13.6. The molecule has 0 aliphatic carbocycles. The molecule has 0 atom stereocenters. The molecule has 0 fully saturated rings. The SMILES string of the molecule is Cc1ccc(S(=O)(=O)n2c(C)c(C)n(C)c2=O)cc1. The summed E-state index contributed by atoms with van der Waals surface area (Å²) >= 11 is 0. The molecule has 102 valence electrons. The van der Waals surface area contributed by atoms with Crippen molar-refractivity contribution >= 4 is 10.0 Å². The summed E-state index contributed by atoms with van der Waals surface area (Å²) in [6, 6.07) is 6.45. The minimum absolute atomic E-state index is 0.119. The summed E-state index contributed by atoms with van der Waals surface area (Å²) in [7, 11) is -2.27. The molecular formula is C13H16N2O3S. The molecule has 0 bridgehead atoms. The number of imidazole rings is 1. The highest BCUT2D eigenvalue weighted by molar-refractivity contribution is 7.90. The quantitative estimate of drug-likeness (QED) is 0.834. The summed E-state index contributed by atoms with van der Waals surface area (Å²) in [5, 5.41) is 0. The van der Waals surface area contributed by atoms with Gasteiger partial charge in [-0.25, -0.2) is 13.2 Å². The largest absolute Gasteiger partial charge is 0.342 e. The van der Waals surface area contributed by atoms with Gasteiger partial charge in [0.05, 0.1) is 10.6 Å². The van der Waals surface area contributed by atoms with Gasteiger partial charge in [-0.15, -0.1) is 0 Å². The van der Waals surface area contributed by atoms with Gasteiger partial charge in [-0.2, -0.15) is 3.97 Å². The van der Waals surface area contributed by atoms with Crippen molar-refractivity contribution in [1.29, 1.82) is 0 Å². The molecule has 2 aromatic rings. The van der Waals surface area contributed by atoms with Crippen LogP contribution in [0.3, 0.4) is 0 Å². The Labute approximate surface area is 112 Å². The Hall–Kier alpha value is -1.82. The molecule has 1 aromatic carbocycles. The first-order valence-electron chi connectivity index (χ1n) is 5.84. The zero-order valence-electron chi connectivity index (χ0n) is 11.3. The van der Waals surface area contributed by atoms with Crippen LogP contribution in [-0.2, 0) is 17.1 Å². The number of benzene rings is 1. The third-order valence-corrected chi connectivity index (χ3v) is 5.13. The molecule has 0 N–H and O–H groups in total. The molecule has 0 saturated carbocycles. The predicted molar refractivity (Wildman–Crippen MR) is 72.9 cm³/mol. The minimum atomic E-state index is -3.84. The Bertz CT molecular complexity index is 781. The maximum atomic E-state index is 12.5. The molecule has 0 spiro atoms. The number of rotatable bonds is 2. The molecule has 0 aliphatic rings. The van der Waals surface area contributed by atoms with Gasteiger partial charge in [-0.1, -0.05) is 17.7 Å². The van der Waals surface area contributed by atoms with Crippen molar-refractivity contribution in [2.45, 2.75) is 25.7 Å². The van der Waals surface area contributed by atoms with Crippen LogP contribution < -0.4 is 5.69 Å². The van der Waals surface area contributed by atoms with Gasteiger partial charge in [0.2, 0.25) is 0 Å². The number of hydrogen-bond acceptors (Lipinski definition) is 3. The fourth-order valence-electron chi connectivity index (χ4n) is 1.91. The van der Waals surface area contributed by atoms with E-state index in [4.69, 9.17) is 0 Å². The van der Waals surface area contributed by atoms with Gasteiger partial charge in [0, 0.05) is 12.7 Å². The van der Waals surface area contributed by atoms with E-state index >= 15 is 0 Å². The molecule has 1 heterocycles. The van der Waals surface area contributed by atoms with Crippen molar-refractivity contribution in [3.05, 3.63) is 51.7 Å². The molecule has 5 nitrogen and oxygen atoms in total. The molecule has 0 radical (unpaired) electrons. The van der Waals surface area contributed by atoms with Crippen molar-refractivity contribution in [3.63, 3.8) is 0 Å². The molecular weight excluding hydrogens is 264 g/mol. The summed E-state index contributed by atoms with van der Waals surface area (Å²) in [6.07, 6.45) is 0. The highest BCUT2D eigenvalue weighted by Gasteiger charge is 2.24. The van der Waals surface area contributed by atoms with E-state index in [1.165, 1.54) is 16.7 Å². The van der Waals surface area contributed by atoms with E-state index in [1.54, 1.807) is 33.0 Å². The summed E-state index contributed by atoms with van der Waals surface area (Å²) in [5.41, 5.74) is 1.50. The third kappa shape index (κ3) is 2.02. The van der Waals surface area contributed by atoms with Crippen LogP contribution in [-0.4, -0.2) is 17.0 Å². The summed E-state index contributed by atoms with van der Waals surface area (Å²) in [6.45, 7) is 5.22. The summed E-state index contributed by atoms with van der Waals surface area (Å²) in [4.78, 5) is 12.2. The molecule has 0 amide bonds. The predicted octanol–water partition coefficient (Wildman–Crippen LogP) is 1.35. The maximum Gasteiger partial charge on any atom is 0.342 e.